The zero-order valence-corrected chi connectivity index (χ0v) is 16.6. The lowest BCUT2D eigenvalue weighted by molar-refractivity contribution is 0.0619. The molecule has 4 aliphatic rings. The molecule has 1 aromatic heterocycles. The van der Waals surface area contributed by atoms with Gasteiger partial charge in [0.2, 0.25) is 0 Å². The standard InChI is InChI=1S/C20H27N5OS/c1-21-14-6-9-25(11-14)15-2-3-16-18(10-15)27-23-19(16)20(26)22-17-12-24-7-4-13(17)5-8-24/h2-3,10,13-14,17,21H,4-9,11-12H2,1H3,(H,22,26)/t14?,17-/m1/s1. The molecule has 0 saturated carbocycles. The molecule has 1 aromatic carbocycles. The van der Waals surface area contributed by atoms with Crippen LogP contribution in [0.2, 0.25) is 0 Å². The van der Waals surface area contributed by atoms with Gasteiger partial charge in [-0.15, -0.1) is 0 Å². The highest BCUT2D eigenvalue weighted by molar-refractivity contribution is 7.13. The van der Waals surface area contributed by atoms with Crippen molar-refractivity contribution >= 4 is 33.2 Å². The first-order valence-electron chi connectivity index (χ1n) is 10.1. The Kier molecular flexibility index (Phi) is 4.53. The number of hydrogen-bond acceptors (Lipinski definition) is 6. The molecule has 5 heterocycles. The maximum Gasteiger partial charge on any atom is 0.271 e. The van der Waals surface area contributed by atoms with E-state index in [1.165, 1.54) is 49.6 Å². The maximum absolute atomic E-state index is 12.9. The van der Waals surface area contributed by atoms with E-state index in [-0.39, 0.29) is 11.9 Å². The predicted octanol–water partition coefficient (Wildman–Crippen LogP) is 1.92. The Morgan fingerprint density at radius 3 is 2.74 bits per heavy atom. The molecule has 2 N–H and O–H groups in total. The highest BCUT2D eigenvalue weighted by Gasteiger charge is 2.35. The van der Waals surface area contributed by atoms with Crippen LogP contribution in [0, 0.1) is 5.92 Å². The molecule has 2 atom stereocenters. The summed E-state index contributed by atoms with van der Waals surface area (Å²) >= 11 is 1.44. The van der Waals surface area contributed by atoms with Crippen molar-refractivity contribution in [2.75, 3.05) is 44.7 Å². The van der Waals surface area contributed by atoms with Gasteiger partial charge < -0.3 is 20.4 Å². The number of benzene rings is 1. The molecular weight excluding hydrogens is 358 g/mol. The van der Waals surface area contributed by atoms with Crippen molar-refractivity contribution in [1.82, 2.24) is 19.9 Å². The molecule has 4 aliphatic heterocycles. The normalized spacial score (nSPS) is 30.2. The zero-order chi connectivity index (χ0) is 18.4. The van der Waals surface area contributed by atoms with Crippen LogP contribution in [0.4, 0.5) is 5.69 Å². The number of nitrogens with zero attached hydrogens (tertiary/aromatic N) is 3. The van der Waals surface area contributed by atoms with Gasteiger partial charge >= 0.3 is 0 Å². The van der Waals surface area contributed by atoms with Crippen LogP contribution in [0.3, 0.4) is 0 Å². The number of carbonyl (C=O) groups is 1. The van der Waals surface area contributed by atoms with E-state index in [0.29, 0.717) is 17.7 Å². The number of aromatic nitrogens is 1. The summed E-state index contributed by atoms with van der Waals surface area (Å²) < 4.78 is 5.60. The second-order valence-electron chi connectivity index (χ2n) is 8.15. The molecule has 144 valence electrons. The minimum atomic E-state index is -0.0100. The smallest absolute Gasteiger partial charge is 0.271 e. The average Bonchev–Trinajstić information content (AvgIpc) is 3.35. The van der Waals surface area contributed by atoms with Gasteiger partial charge in [0.15, 0.2) is 0 Å². The Hall–Kier alpha value is -1.70. The van der Waals surface area contributed by atoms with E-state index in [1.807, 2.05) is 7.05 Å². The van der Waals surface area contributed by atoms with Crippen molar-refractivity contribution in [3.63, 3.8) is 0 Å². The molecule has 6 nitrogen and oxygen atoms in total. The van der Waals surface area contributed by atoms with Gasteiger partial charge in [0.25, 0.3) is 5.91 Å². The van der Waals surface area contributed by atoms with Crippen LogP contribution in [-0.4, -0.2) is 67.0 Å². The molecule has 2 aromatic rings. The van der Waals surface area contributed by atoms with Gasteiger partial charge in [-0.25, -0.2) is 0 Å². The Morgan fingerprint density at radius 2 is 2.04 bits per heavy atom. The molecule has 6 rings (SSSR count). The molecule has 0 spiro atoms. The number of nitrogens with one attached hydrogen (secondary N) is 2. The van der Waals surface area contributed by atoms with E-state index < -0.39 is 0 Å². The molecular formula is C20H27N5OS. The van der Waals surface area contributed by atoms with Crippen LogP contribution in [0.1, 0.15) is 29.8 Å². The molecule has 0 aliphatic carbocycles. The first kappa shape index (κ1) is 17.4. The zero-order valence-electron chi connectivity index (χ0n) is 15.8. The number of piperidine rings is 3. The van der Waals surface area contributed by atoms with Crippen LogP contribution >= 0.6 is 11.5 Å². The minimum absolute atomic E-state index is 0.0100. The molecule has 2 bridgehead atoms. The van der Waals surface area contributed by atoms with Crippen LogP contribution in [0.5, 0.6) is 0 Å². The summed E-state index contributed by atoms with van der Waals surface area (Å²) in [5.41, 5.74) is 1.82. The van der Waals surface area contributed by atoms with Crippen LogP contribution in [-0.2, 0) is 0 Å². The lowest BCUT2D eigenvalue weighted by Gasteiger charge is -2.44. The van der Waals surface area contributed by atoms with Gasteiger partial charge in [-0.05, 0) is 75.0 Å². The van der Waals surface area contributed by atoms with Crippen LogP contribution in [0.25, 0.3) is 10.1 Å². The lowest BCUT2D eigenvalue weighted by Crippen LogP contribution is -2.57. The van der Waals surface area contributed by atoms with Gasteiger partial charge in [-0.2, -0.15) is 4.37 Å². The lowest BCUT2D eigenvalue weighted by atomic mass is 9.84. The molecule has 1 unspecified atom stereocenters. The van der Waals surface area contributed by atoms with Crippen molar-refractivity contribution in [2.45, 2.75) is 31.3 Å². The maximum atomic E-state index is 12.9. The summed E-state index contributed by atoms with van der Waals surface area (Å²) in [4.78, 5) is 17.8. The average molecular weight is 386 g/mol. The summed E-state index contributed by atoms with van der Waals surface area (Å²) in [5, 5.41) is 7.61. The van der Waals surface area contributed by atoms with Gasteiger partial charge in [0, 0.05) is 42.8 Å². The number of amides is 1. The Balaban J connectivity index is 1.33. The third-order valence-electron chi connectivity index (χ3n) is 6.60. The van der Waals surface area contributed by atoms with Crippen molar-refractivity contribution in [3.05, 3.63) is 23.9 Å². The van der Waals surface area contributed by atoms with Crippen molar-refractivity contribution < 1.29 is 4.79 Å². The fourth-order valence-corrected chi connectivity index (χ4v) is 5.69. The van der Waals surface area contributed by atoms with E-state index in [4.69, 9.17) is 0 Å². The summed E-state index contributed by atoms with van der Waals surface area (Å²) in [6.07, 6.45) is 3.58. The quantitative estimate of drug-likeness (QED) is 0.842. The molecule has 27 heavy (non-hydrogen) atoms. The SMILES string of the molecule is CNC1CCN(c2ccc3c(C(=O)N[C@@H]4CN5CCC4CC5)nsc3c2)C1. The third kappa shape index (κ3) is 3.22. The molecule has 0 radical (unpaired) electrons. The Morgan fingerprint density at radius 1 is 1.19 bits per heavy atom. The second kappa shape index (κ2) is 7.04. The topological polar surface area (TPSA) is 60.5 Å². The summed E-state index contributed by atoms with van der Waals surface area (Å²) in [5.74, 6) is 0.620. The monoisotopic (exact) mass is 385 g/mol. The van der Waals surface area contributed by atoms with Crippen molar-refractivity contribution in [1.29, 1.82) is 0 Å². The first-order chi connectivity index (χ1) is 13.2. The minimum Gasteiger partial charge on any atom is -0.370 e. The molecule has 1 amide bonds. The second-order valence-corrected chi connectivity index (χ2v) is 8.95. The van der Waals surface area contributed by atoms with Gasteiger partial charge in [0.1, 0.15) is 5.69 Å². The van der Waals surface area contributed by atoms with Gasteiger partial charge in [0.05, 0.1) is 4.70 Å². The van der Waals surface area contributed by atoms with Gasteiger partial charge in [-0.1, -0.05) is 0 Å². The number of hydrogen-bond donors (Lipinski definition) is 2. The van der Waals surface area contributed by atoms with Gasteiger partial charge in [-0.3, -0.25) is 4.79 Å². The molecule has 7 heteroatoms. The number of anilines is 1. The fourth-order valence-electron chi connectivity index (χ4n) is 4.88. The summed E-state index contributed by atoms with van der Waals surface area (Å²) in [7, 11) is 2.03. The van der Waals surface area contributed by atoms with E-state index >= 15 is 0 Å². The molecule has 4 fully saturated rings. The van der Waals surface area contributed by atoms with Crippen molar-refractivity contribution in [2.24, 2.45) is 5.92 Å². The summed E-state index contributed by atoms with van der Waals surface area (Å²) in [6.45, 7) is 5.47. The highest BCUT2D eigenvalue weighted by Crippen LogP contribution is 2.31. The third-order valence-corrected chi connectivity index (χ3v) is 7.41. The Bertz CT molecular complexity index is 844. The Labute approximate surface area is 164 Å². The molecule has 4 saturated heterocycles. The fraction of sp³-hybridized carbons (Fsp3) is 0.600. The van der Waals surface area contributed by atoms with E-state index in [0.717, 1.165) is 29.7 Å². The largest absolute Gasteiger partial charge is 0.370 e. The van der Waals surface area contributed by atoms with Crippen LogP contribution < -0.4 is 15.5 Å². The van der Waals surface area contributed by atoms with E-state index in [9.17, 15) is 4.79 Å². The summed E-state index contributed by atoms with van der Waals surface area (Å²) in [6, 6.07) is 7.24. The van der Waals surface area contributed by atoms with Crippen molar-refractivity contribution in [3.8, 4) is 0 Å². The highest BCUT2D eigenvalue weighted by atomic mass is 32.1. The van der Waals surface area contributed by atoms with Crippen LogP contribution in [0.15, 0.2) is 18.2 Å². The predicted molar refractivity (Wildman–Crippen MR) is 110 cm³/mol. The number of carbonyl (C=O) groups excluding carboxylic acids is 1. The number of rotatable bonds is 4. The number of likely N-dealkylation sites (N-methyl/N-ethyl adjacent to an activating group) is 1. The van der Waals surface area contributed by atoms with E-state index in [1.54, 1.807) is 0 Å². The number of fused-ring (bicyclic) bond motifs is 4. The first-order valence-corrected chi connectivity index (χ1v) is 10.8. The van der Waals surface area contributed by atoms with E-state index in [2.05, 4.69) is 43.0 Å².